The Kier molecular flexibility index (Phi) is 3.96. The Hall–Kier alpha value is -2.55. The number of hydrogen-bond acceptors (Lipinski definition) is 2. The fourth-order valence-electron chi connectivity index (χ4n) is 2.74. The van der Waals surface area contributed by atoms with E-state index in [-0.39, 0.29) is 0 Å². The zero-order chi connectivity index (χ0) is 15.5. The molecule has 2 aromatic carbocycles. The Morgan fingerprint density at radius 1 is 1.00 bits per heavy atom. The first-order chi connectivity index (χ1) is 10.7. The van der Waals surface area contributed by atoms with Crippen LogP contribution in [0.25, 0.3) is 11.3 Å². The van der Waals surface area contributed by atoms with Crippen molar-refractivity contribution in [2.75, 3.05) is 11.4 Å². The first-order valence-electron chi connectivity index (χ1n) is 7.64. The number of aromatic nitrogens is 2. The lowest BCUT2D eigenvalue weighted by Crippen LogP contribution is -2.16. The van der Waals surface area contributed by atoms with Crippen molar-refractivity contribution in [2.24, 2.45) is 0 Å². The van der Waals surface area contributed by atoms with Crippen LogP contribution in [0, 0.1) is 13.8 Å². The molecule has 112 valence electrons. The molecule has 0 spiro atoms. The Morgan fingerprint density at radius 2 is 1.73 bits per heavy atom. The molecule has 3 heteroatoms. The van der Waals surface area contributed by atoms with Gasteiger partial charge in [-0.15, -0.1) is 0 Å². The van der Waals surface area contributed by atoms with E-state index < -0.39 is 0 Å². The monoisotopic (exact) mass is 291 g/mol. The number of aryl methyl sites for hydroxylation is 2. The van der Waals surface area contributed by atoms with E-state index in [9.17, 15) is 0 Å². The molecule has 0 bridgehead atoms. The van der Waals surface area contributed by atoms with Gasteiger partial charge in [0.2, 0.25) is 0 Å². The van der Waals surface area contributed by atoms with Crippen LogP contribution in [-0.2, 0) is 0 Å². The van der Waals surface area contributed by atoms with Gasteiger partial charge in [-0.1, -0.05) is 30.3 Å². The van der Waals surface area contributed by atoms with Crippen molar-refractivity contribution >= 4 is 11.4 Å². The summed E-state index contributed by atoms with van der Waals surface area (Å²) in [6, 6.07) is 19.1. The molecule has 0 radical (unpaired) electrons. The topological polar surface area (TPSA) is 31.9 Å². The number of nitrogens with zero attached hydrogens (tertiary/aromatic N) is 2. The summed E-state index contributed by atoms with van der Waals surface area (Å²) in [5.74, 6) is 0. The summed E-state index contributed by atoms with van der Waals surface area (Å²) in [6.45, 7) is 7.28. The molecule has 22 heavy (non-hydrogen) atoms. The van der Waals surface area contributed by atoms with Crippen LogP contribution in [0.4, 0.5) is 11.4 Å². The highest BCUT2D eigenvalue weighted by Crippen LogP contribution is 2.29. The molecule has 1 heterocycles. The Morgan fingerprint density at radius 3 is 2.32 bits per heavy atom. The Bertz CT molecular complexity index is 756. The minimum absolute atomic E-state index is 0.936. The van der Waals surface area contributed by atoms with Gasteiger partial charge in [0.15, 0.2) is 0 Å². The third-order valence-corrected chi connectivity index (χ3v) is 3.90. The number of hydrogen-bond donors (Lipinski definition) is 1. The van der Waals surface area contributed by atoms with Crippen molar-refractivity contribution in [1.29, 1.82) is 0 Å². The second kappa shape index (κ2) is 6.06. The maximum absolute atomic E-state index is 4.31. The van der Waals surface area contributed by atoms with Crippen LogP contribution in [0.3, 0.4) is 0 Å². The number of nitrogens with one attached hydrogen (secondary N) is 1. The molecule has 0 aliphatic rings. The fraction of sp³-hybridized carbons (Fsp3) is 0.211. The molecule has 3 nitrogen and oxygen atoms in total. The summed E-state index contributed by atoms with van der Waals surface area (Å²) >= 11 is 0. The summed E-state index contributed by atoms with van der Waals surface area (Å²) < 4.78 is 0. The van der Waals surface area contributed by atoms with E-state index in [1.54, 1.807) is 0 Å². The number of aromatic amines is 1. The van der Waals surface area contributed by atoms with Crippen LogP contribution in [-0.4, -0.2) is 16.7 Å². The van der Waals surface area contributed by atoms with Crippen LogP contribution in [0.15, 0.2) is 54.6 Å². The summed E-state index contributed by atoms with van der Waals surface area (Å²) in [5, 5.41) is 7.30. The fourth-order valence-corrected chi connectivity index (χ4v) is 2.74. The summed E-state index contributed by atoms with van der Waals surface area (Å²) in [7, 11) is 0. The van der Waals surface area contributed by atoms with Crippen LogP contribution in [0.5, 0.6) is 0 Å². The maximum atomic E-state index is 4.31. The van der Waals surface area contributed by atoms with Crippen LogP contribution in [0.1, 0.15) is 18.2 Å². The SMILES string of the molecule is CCN(c1ccc(-c2cc(C)[nH]n2)cc1)c1ccccc1C. The van der Waals surface area contributed by atoms with Gasteiger partial charge in [-0.3, -0.25) is 5.10 Å². The highest BCUT2D eigenvalue weighted by atomic mass is 15.1. The minimum Gasteiger partial charge on any atom is -0.342 e. The van der Waals surface area contributed by atoms with Gasteiger partial charge in [0.1, 0.15) is 0 Å². The van der Waals surface area contributed by atoms with Gasteiger partial charge in [-0.25, -0.2) is 0 Å². The number of benzene rings is 2. The highest BCUT2D eigenvalue weighted by molar-refractivity contribution is 5.69. The third kappa shape index (κ3) is 2.75. The van der Waals surface area contributed by atoms with Crippen LogP contribution < -0.4 is 4.90 Å². The summed E-state index contributed by atoms with van der Waals surface area (Å²) in [6.07, 6.45) is 0. The van der Waals surface area contributed by atoms with Gasteiger partial charge in [-0.2, -0.15) is 5.10 Å². The molecular weight excluding hydrogens is 270 g/mol. The van der Waals surface area contributed by atoms with Gasteiger partial charge in [0.25, 0.3) is 0 Å². The molecule has 1 N–H and O–H groups in total. The van der Waals surface area contributed by atoms with Gasteiger partial charge in [0, 0.05) is 29.2 Å². The third-order valence-electron chi connectivity index (χ3n) is 3.90. The summed E-state index contributed by atoms with van der Waals surface area (Å²) in [4.78, 5) is 2.33. The van der Waals surface area contributed by atoms with Crippen LogP contribution in [0.2, 0.25) is 0 Å². The van der Waals surface area contributed by atoms with E-state index in [4.69, 9.17) is 0 Å². The zero-order valence-electron chi connectivity index (χ0n) is 13.3. The average Bonchev–Trinajstić information content (AvgIpc) is 2.97. The number of H-pyrrole nitrogens is 1. The van der Waals surface area contributed by atoms with Crippen molar-refractivity contribution in [3.05, 3.63) is 65.9 Å². The molecule has 3 rings (SSSR count). The van der Waals surface area contributed by atoms with Crippen molar-refractivity contribution in [1.82, 2.24) is 10.2 Å². The lowest BCUT2D eigenvalue weighted by molar-refractivity contribution is 1.02. The van der Waals surface area contributed by atoms with E-state index in [1.165, 1.54) is 16.9 Å². The quantitative estimate of drug-likeness (QED) is 0.745. The Balaban J connectivity index is 1.92. The standard InChI is InChI=1S/C19H21N3/c1-4-22(19-8-6-5-7-14(19)2)17-11-9-16(10-12-17)18-13-15(3)20-21-18/h5-13H,4H2,1-3H3,(H,20,21). The van der Waals surface area contributed by atoms with Gasteiger partial charge in [-0.05, 0) is 50.6 Å². The molecule has 0 saturated heterocycles. The average molecular weight is 291 g/mol. The highest BCUT2D eigenvalue weighted by Gasteiger charge is 2.10. The van der Waals surface area contributed by atoms with Crippen molar-refractivity contribution in [2.45, 2.75) is 20.8 Å². The van der Waals surface area contributed by atoms with Gasteiger partial charge in [0.05, 0.1) is 5.69 Å². The summed E-state index contributed by atoms with van der Waals surface area (Å²) in [5.41, 5.74) is 6.95. The van der Waals surface area contributed by atoms with E-state index in [2.05, 4.69) is 83.5 Å². The molecule has 0 amide bonds. The molecular formula is C19H21N3. The normalized spacial score (nSPS) is 10.7. The van der Waals surface area contributed by atoms with Gasteiger partial charge >= 0.3 is 0 Å². The van der Waals surface area contributed by atoms with Crippen molar-refractivity contribution in [3.63, 3.8) is 0 Å². The smallest absolute Gasteiger partial charge is 0.0923 e. The maximum Gasteiger partial charge on any atom is 0.0923 e. The van der Waals surface area contributed by atoms with Crippen molar-refractivity contribution in [3.8, 4) is 11.3 Å². The minimum atomic E-state index is 0.936. The molecule has 0 aliphatic heterocycles. The molecule has 1 aromatic heterocycles. The zero-order valence-corrected chi connectivity index (χ0v) is 13.3. The van der Waals surface area contributed by atoms with E-state index in [0.29, 0.717) is 0 Å². The molecule has 0 aliphatic carbocycles. The van der Waals surface area contributed by atoms with Gasteiger partial charge < -0.3 is 4.90 Å². The number of rotatable bonds is 4. The van der Waals surface area contributed by atoms with E-state index >= 15 is 0 Å². The predicted molar refractivity (Wildman–Crippen MR) is 92.6 cm³/mol. The lowest BCUT2D eigenvalue weighted by atomic mass is 10.1. The largest absolute Gasteiger partial charge is 0.342 e. The molecule has 0 fully saturated rings. The number of anilines is 2. The lowest BCUT2D eigenvalue weighted by Gasteiger charge is -2.25. The Labute approximate surface area is 131 Å². The molecule has 3 aromatic rings. The van der Waals surface area contributed by atoms with E-state index in [1.807, 2.05) is 6.92 Å². The van der Waals surface area contributed by atoms with E-state index in [0.717, 1.165) is 23.5 Å². The first kappa shape index (κ1) is 14.4. The first-order valence-corrected chi connectivity index (χ1v) is 7.64. The van der Waals surface area contributed by atoms with Crippen LogP contribution >= 0.6 is 0 Å². The predicted octanol–water partition coefficient (Wildman–Crippen LogP) is 4.85. The molecule has 0 unspecified atom stereocenters. The number of para-hydroxylation sites is 1. The second-order valence-electron chi connectivity index (χ2n) is 5.51. The molecule has 0 saturated carbocycles. The molecule has 0 atom stereocenters. The van der Waals surface area contributed by atoms with Crippen molar-refractivity contribution < 1.29 is 0 Å². The second-order valence-corrected chi connectivity index (χ2v) is 5.51.